The summed E-state index contributed by atoms with van der Waals surface area (Å²) in [5.41, 5.74) is 2.59. The largest absolute Gasteiger partial charge is 0.458 e. The van der Waals surface area contributed by atoms with Gasteiger partial charge in [-0.1, -0.05) is 43.5 Å². The lowest BCUT2D eigenvalue weighted by molar-refractivity contribution is -0.140. The second-order valence-corrected chi connectivity index (χ2v) is 8.94. The lowest BCUT2D eigenvalue weighted by Crippen LogP contribution is -2.28. The van der Waals surface area contributed by atoms with E-state index in [0.717, 1.165) is 30.4 Å². The van der Waals surface area contributed by atoms with Gasteiger partial charge in [0.05, 0.1) is 11.2 Å². The number of ether oxygens (including phenoxy) is 3. The SMILES string of the molecule is C=C1CC[C@H]2C(=C)C(=O)O[C@@H]2[C@@H]2O[C@]2(C)CCC/C=C\Cc2ccccc2C(=O)OC1. The third kappa shape index (κ3) is 4.67. The van der Waals surface area contributed by atoms with Crippen molar-refractivity contribution >= 4 is 11.9 Å². The normalized spacial score (nSPS) is 33.1. The highest BCUT2D eigenvalue weighted by Crippen LogP contribution is 2.49. The topological polar surface area (TPSA) is 65.1 Å². The van der Waals surface area contributed by atoms with Crippen molar-refractivity contribution in [3.05, 3.63) is 71.8 Å². The maximum absolute atomic E-state index is 12.6. The first kappa shape index (κ1) is 21.6. The van der Waals surface area contributed by atoms with Crippen molar-refractivity contribution in [1.82, 2.24) is 0 Å². The van der Waals surface area contributed by atoms with Gasteiger partial charge in [-0.2, -0.15) is 0 Å². The lowest BCUT2D eigenvalue weighted by atomic mass is 9.85. The van der Waals surface area contributed by atoms with Gasteiger partial charge in [0.15, 0.2) is 0 Å². The fraction of sp³-hybridized carbons (Fsp3) is 0.462. The van der Waals surface area contributed by atoms with E-state index >= 15 is 0 Å². The van der Waals surface area contributed by atoms with Crippen LogP contribution in [0.2, 0.25) is 0 Å². The highest BCUT2D eigenvalue weighted by Gasteiger charge is 2.61. The molecule has 0 radical (unpaired) electrons. The number of benzene rings is 1. The number of epoxide rings is 1. The summed E-state index contributed by atoms with van der Waals surface area (Å²) < 4.78 is 17.2. The fourth-order valence-electron chi connectivity index (χ4n) is 4.59. The second kappa shape index (κ2) is 8.83. The van der Waals surface area contributed by atoms with Crippen molar-refractivity contribution in [3.8, 4) is 0 Å². The van der Waals surface area contributed by atoms with Crippen LogP contribution in [-0.4, -0.2) is 36.4 Å². The lowest BCUT2D eigenvalue weighted by Gasteiger charge is -2.18. The first-order valence-corrected chi connectivity index (χ1v) is 11.0. The molecular weight excluding hydrogens is 392 g/mol. The quantitative estimate of drug-likeness (QED) is 0.262. The summed E-state index contributed by atoms with van der Waals surface area (Å²) in [6, 6.07) is 7.54. The summed E-state index contributed by atoms with van der Waals surface area (Å²) in [6.07, 6.45) is 8.64. The summed E-state index contributed by atoms with van der Waals surface area (Å²) in [7, 11) is 0. The highest BCUT2D eigenvalue weighted by atomic mass is 16.6. The molecule has 0 saturated carbocycles. The highest BCUT2D eigenvalue weighted by molar-refractivity contribution is 5.91. The van der Waals surface area contributed by atoms with Gasteiger partial charge in [-0.05, 0) is 62.7 Å². The number of fused-ring (bicyclic) bond motifs is 4. The molecule has 1 aromatic rings. The Labute approximate surface area is 183 Å². The van der Waals surface area contributed by atoms with E-state index in [1.807, 2.05) is 18.2 Å². The number of allylic oxidation sites excluding steroid dienone is 2. The van der Waals surface area contributed by atoms with Crippen LogP contribution in [0.3, 0.4) is 0 Å². The van der Waals surface area contributed by atoms with Crippen molar-refractivity contribution < 1.29 is 23.8 Å². The predicted molar refractivity (Wildman–Crippen MR) is 118 cm³/mol. The van der Waals surface area contributed by atoms with Crippen LogP contribution in [0.4, 0.5) is 0 Å². The van der Waals surface area contributed by atoms with Crippen LogP contribution in [-0.2, 0) is 25.4 Å². The average molecular weight is 423 g/mol. The van der Waals surface area contributed by atoms with E-state index in [1.54, 1.807) is 6.07 Å². The van der Waals surface area contributed by atoms with Gasteiger partial charge in [0.25, 0.3) is 0 Å². The summed E-state index contributed by atoms with van der Waals surface area (Å²) >= 11 is 0. The van der Waals surface area contributed by atoms with E-state index in [0.29, 0.717) is 30.4 Å². The molecule has 4 atom stereocenters. The Hall–Kier alpha value is -2.66. The molecule has 3 aliphatic heterocycles. The van der Waals surface area contributed by atoms with Gasteiger partial charge in [-0.25, -0.2) is 9.59 Å². The van der Waals surface area contributed by atoms with Crippen LogP contribution < -0.4 is 0 Å². The summed E-state index contributed by atoms with van der Waals surface area (Å²) in [5.74, 6) is -0.781. The van der Waals surface area contributed by atoms with Crippen molar-refractivity contribution in [1.29, 1.82) is 0 Å². The Bertz CT molecular complexity index is 929. The Morgan fingerprint density at radius 2 is 1.90 bits per heavy atom. The Morgan fingerprint density at radius 1 is 1.10 bits per heavy atom. The number of carbonyl (C=O) groups excluding carboxylic acids is 2. The Kier molecular flexibility index (Phi) is 6.15. The zero-order valence-corrected chi connectivity index (χ0v) is 18.1. The second-order valence-electron chi connectivity index (χ2n) is 8.94. The van der Waals surface area contributed by atoms with Crippen molar-refractivity contribution in [2.24, 2.45) is 5.92 Å². The first-order chi connectivity index (χ1) is 14.9. The van der Waals surface area contributed by atoms with Gasteiger partial charge in [0.1, 0.15) is 18.8 Å². The minimum absolute atomic E-state index is 0.0958. The van der Waals surface area contributed by atoms with Crippen LogP contribution in [0.15, 0.2) is 60.7 Å². The standard InChI is InChI=1S/C26H30O5/c1-17-13-14-20-18(2)24(27)30-22(20)23-26(3,31-23)15-9-5-4-6-10-19-11-7-8-12-21(19)25(28)29-16-17/h4,6-8,11-12,20,22-23H,1-2,5,9-10,13-16H2,3H3/b6-4-/t20-,22-,23-,26+/m0/s1. The molecule has 3 aliphatic rings. The minimum atomic E-state index is -0.338. The maximum Gasteiger partial charge on any atom is 0.338 e. The molecule has 3 heterocycles. The molecular formula is C26H30O5. The van der Waals surface area contributed by atoms with Crippen LogP contribution in [0, 0.1) is 5.92 Å². The number of hydrogen-bond donors (Lipinski definition) is 0. The molecule has 0 amide bonds. The van der Waals surface area contributed by atoms with Crippen LogP contribution >= 0.6 is 0 Å². The van der Waals surface area contributed by atoms with Crippen LogP contribution in [0.5, 0.6) is 0 Å². The van der Waals surface area contributed by atoms with Gasteiger partial charge >= 0.3 is 11.9 Å². The van der Waals surface area contributed by atoms with E-state index in [1.165, 1.54) is 0 Å². The number of cyclic esters (lactones) is 1. The fourth-order valence-corrected chi connectivity index (χ4v) is 4.59. The molecule has 2 fully saturated rings. The van der Waals surface area contributed by atoms with Gasteiger partial charge in [0, 0.05) is 11.5 Å². The number of rotatable bonds is 0. The zero-order valence-electron chi connectivity index (χ0n) is 18.1. The molecule has 164 valence electrons. The molecule has 0 aliphatic carbocycles. The van der Waals surface area contributed by atoms with Gasteiger partial charge in [0.2, 0.25) is 0 Å². The third-order valence-corrected chi connectivity index (χ3v) is 6.59. The van der Waals surface area contributed by atoms with Gasteiger partial charge in [-0.15, -0.1) is 0 Å². The molecule has 0 N–H and O–H groups in total. The Balaban J connectivity index is 1.51. The van der Waals surface area contributed by atoms with Crippen LogP contribution in [0.25, 0.3) is 0 Å². The minimum Gasteiger partial charge on any atom is -0.458 e. The molecule has 1 aromatic carbocycles. The van der Waals surface area contributed by atoms with E-state index < -0.39 is 0 Å². The molecule has 0 bridgehead atoms. The molecule has 0 aromatic heterocycles. The molecule has 0 spiro atoms. The average Bonchev–Trinajstić information content (AvgIpc) is 3.35. The number of hydrogen-bond acceptors (Lipinski definition) is 5. The van der Waals surface area contributed by atoms with Crippen LogP contribution in [0.1, 0.15) is 54.9 Å². The van der Waals surface area contributed by atoms with E-state index in [9.17, 15) is 9.59 Å². The zero-order chi connectivity index (χ0) is 22.0. The molecule has 0 unspecified atom stereocenters. The smallest absolute Gasteiger partial charge is 0.338 e. The molecule has 2 saturated heterocycles. The van der Waals surface area contributed by atoms with Crippen molar-refractivity contribution in [3.63, 3.8) is 0 Å². The number of carbonyl (C=O) groups is 2. The van der Waals surface area contributed by atoms with E-state index in [2.05, 4.69) is 32.2 Å². The van der Waals surface area contributed by atoms with Gasteiger partial charge < -0.3 is 14.2 Å². The van der Waals surface area contributed by atoms with E-state index in [4.69, 9.17) is 14.2 Å². The number of esters is 2. The molecule has 5 heteroatoms. The molecule has 4 rings (SSSR count). The summed E-state index contributed by atoms with van der Waals surface area (Å²) in [6.45, 7) is 10.3. The van der Waals surface area contributed by atoms with Crippen molar-refractivity contribution in [2.75, 3.05) is 6.61 Å². The molecule has 5 nitrogen and oxygen atoms in total. The van der Waals surface area contributed by atoms with E-state index in [-0.39, 0.29) is 42.3 Å². The first-order valence-electron chi connectivity index (χ1n) is 11.0. The third-order valence-electron chi connectivity index (χ3n) is 6.59. The Morgan fingerprint density at radius 3 is 2.74 bits per heavy atom. The summed E-state index contributed by atoms with van der Waals surface area (Å²) in [5, 5.41) is 0. The van der Waals surface area contributed by atoms with Gasteiger partial charge in [-0.3, -0.25) is 0 Å². The monoisotopic (exact) mass is 422 g/mol. The summed E-state index contributed by atoms with van der Waals surface area (Å²) in [4.78, 5) is 24.8. The van der Waals surface area contributed by atoms with Crippen molar-refractivity contribution in [2.45, 2.75) is 63.3 Å². The predicted octanol–water partition coefficient (Wildman–Crippen LogP) is 4.72. The molecule has 31 heavy (non-hydrogen) atoms. The maximum atomic E-state index is 12.6.